The van der Waals surface area contributed by atoms with Gasteiger partial charge in [0.25, 0.3) is 0 Å². The van der Waals surface area contributed by atoms with Gasteiger partial charge in [0.1, 0.15) is 0 Å². The quantitative estimate of drug-likeness (QED) is 0.232. The molecule has 0 atom stereocenters. The first kappa shape index (κ1) is 22.2. The summed E-state index contributed by atoms with van der Waals surface area (Å²) in [5, 5.41) is 29.2. The summed E-state index contributed by atoms with van der Waals surface area (Å²) in [6.45, 7) is 0. The van der Waals surface area contributed by atoms with Crippen LogP contribution in [0.3, 0.4) is 0 Å². The zero-order valence-corrected chi connectivity index (χ0v) is 19.6. The van der Waals surface area contributed by atoms with Crippen LogP contribution in [0.4, 0.5) is 11.4 Å². The van der Waals surface area contributed by atoms with Crippen LogP contribution in [0.15, 0.2) is 120 Å². The second kappa shape index (κ2) is 9.42. The number of anilines is 2. The van der Waals surface area contributed by atoms with E-state index in [9.17, 15) is 10.0 Å². The Kier molecular flexibility index (Phi) is 5.82. The van der Waals surface area contributed by atoms with Crippen molar-refractivity contribution in [3.05, 3.63) is 142 Å². The van der Waals surface area contributed by atoms with E-state index in [1.807, 2.05) is 121 Å². The fourth-order valence-corrected chi connectivity index (χ4v) is 4.99. The molecule has 2 heterocycles. The van der Waals surface area contributed by atoms with Crippen LogP contribution in [0.1, 0.15) is 22.3 Å². The molecule has 0 unspecified atom stereocenters. The minimum atomic E-state index is -0.921. The number of rotatable bonds is 4. The number of hydrogen-bond donors (Lipinski definition) is 4. The molecule has 0 aromatic heterocycles. The molecule has 0 spiro atoms. The molecule has 172 valence electrons. The highest BCUT2D eigenvalue weighted by Crippen LogP contribution is 2.42. The summed E-state index contributed by atoms with van der Waals surface area (Å²) in [4.78, 5) is 0. The first-order valence-electron chi connectivity index (χ1n) is 12.1. The van der Waals surface area contributed by atoms with E-state index in [1.165, 1.54) is 0 Å². The van der Waals surface area contributed by atoms with E-state index in [2.05, 4.69) is 10.5 Å². The molecule has 6 heteroatoms. The fraction of sp³-hybridized carbons (Fsp3) is 0. The van der Waals surface area contributed by atoms with Crippen LogP contribution in [0.5, 0.6) is 0 Å². The van der Waals surface area contributed by atoms with E-state index in [1.54, 1.807) is 0 Å². The summed E-state index contributed by atoms with van der Waals surface area (Å²) in [7, 11) is -1.84. The SMILES string of the molecule is OB1Nc2ccccc2C=C1/C(=C(\C1=Cc2ccccc2NB1O)c1ccccc1)c1ccccc1. The summed E-state index contributed by atoms with van der Waals surface area (Å²) < 4.78 is 0. The van der Waals surface area contributed by atoms with Crippen molar-refractivity contribution >= 4 is 48.8 Å². The van der Waals surface area contributed by atoms with Crippen molar-refractivity contribution in [1.82, 2.24) is 0 Å². The second-order valence-electron chi connectivity index (χ2n) is 8.95. The predicted octanol–water partition coefficient (Wildman–Crippen LogP) is 5.66. The van der Waals surface area contributed by atoms with Gasteiger partial charge in [0.15, 0.2) is 0 Å². The first-order valence-corrected chi connectivity index (χ1v) is 12.1. The lowest BCUT2D eigenvalue weighted by Crippen LogP contribution is -2.34. The van der Waals surface area contributed by atoms with E-state index >= 15 is 0 Å². The lowest BCUT2D eigenvalue weighted by molar-refractivity contribution is 0.588. The highest BCUT2D eigenvalue weighted by atomic mass is 16.2. The smallest absolute Gasteiger partial charge is 0.429 e. The molecule has 0 radical (unpaired) electrons. The van der Waals surface area contributed by atoms with Gasteiger partial charge in [-0.25, -0.2) is 0 Å². The van der Waals surface area contributed by atoms with Crippen molar-refractivity contribution in [2.24, 2.45) is 0 Å². The molecule has 2 aliphatic heterocycles. The van der Waals surface area contributed by atoms with Crippen LogP contribution in [0.2, 0.25) is 0 Å². The number of para-hydroxylation sites is 2. The molecule has 4 aromatic rings. The lowest BCUT2D eigenvalue weighted by Gasteiger charge is -2.29. The highest BCUT2D eigenvalue weighted by molar-refractivity contribution is 6.71. The topological polar surface area (TPSA) is 64.5 Å². The van der Waals surface area contributed by atoms with Gasteiger partial charge in [-0.1, -0.05) is 109 Å². The van der Waals surface area contributed by atoms with Gasteiger partial charge < -0.3 is 20.5 Å². The number of allylic oxidation sites excluding steroid dienone is 4. The molecule has 0 amide bonds. The first-order chi connectivity index (χ1) is 17.7. The van der Waals surface area contributed by atoms with Crippen LogP contribution in [0.25, 0.3) is 23.3 Å². The molecule has 4 nitrogen and oxygen atoms in total. The summed E-state index contributed by atoms with van der Waals surface area (Å²) in [5.41, 5.74) is 8.89. The van der Waals surface area contributed by atoms with E-state index < -0.39 is 14.1 Å². The Labute approximate surface area is 211 Å². The van der Waals surface area contributed by atoms with Gasteiger partial charge in [0.05, 0.1) is 0 Å². The Balaban J connectivity index is 1.69. The molecular formula is C30H24B2N2O2. The van der Waals surface area contributed by atoms with Crippen molar-refractivity contribution in [1.29, 1.82) is 0 Å². The van der Waals surface area contributed by atoms with Gasteiger partial charge in [-0.2, -0.15) is 0 Å². The van der Waals surface area contributed by atoms with Gasteiger partial charge in [-0.15, -0.1) is 0 Å². The minimum absolute atomic E-state index is 0.741. The maximum atomic E-state index is 11.4. The average Bonchev–Trinajstić information content (AvgIpc) is 2.92. The molecule has 6 rings (SSSR count). The molecular weight excluding hydrogens is 442 g/mol. The molecule has 0 saturated carbocycles. The minimum Gasteiger partial charge on any atom is -0.429 e. The monoisotopic (exact) mass is 466 g/mol. The summed E-state index contributed by atoms with van der Waals surface area (Å²) in [6.07, 6.45) is 4.08. The largest absolute Gasteiger partial charge is 0.447 e. The highest BCUT2D eigenvalue weighted by Gasteiger charge is 2.34. The zero-order valence-electron chi connectivity index (χ0n) is 19.6. The van der Waals surface area contributed by atoms with Gasteiger partial charge in [0, 0.05) is 11.4 Å². The molecule has 4 N–H and O–H groups in total. The van der Waals surface area contributed by atoms with Crippen LogP contribution in [-0.2, 0) is 0 Å². The third kappa shape index (κ3) is 4.07. The Morgan fingerprint density at radius 2 is 0.833 bits per heavy atom. The summed E-state index contributed by atoms with van der Waals surface area (Å²) >= 11 is 0. The molecule has 0 saturated heterocycles. The van der Waals surface area contributed by atoms with Crippen molar-refractivity contribution in [2.45, 2.75) is 0 Å². The Morgan fingerprint density at radius 1 is 0.472 bits per heavy atom. The van der Waals surface area contributed by atoms with Gasteiger partial charge >= 0.3 is 14.1 Å². The summed E-state index contributed by atoms with van der Waals surface area (Å²) in [6, 6.07) is 36.0. The number of benzene rings is 4. The van der Waals surface area contributed by atoms with Crippen LogP contribution >= 0.6 is 0 Å². The Morgan fingerprint density at radius 3 is 1.25 bits per heavy atom. The van der Waals surface area contributed by atoms with Gasteiger partial charge in [0.2, 0.25) is 0 Å². The Bertz CT molecular complexity index is 1400. The zero-order chi connectivity index (χ0) is 24.5. The maximum absolute atomic E-state index is 11.4. The molecule has 4 aromatic carbocycles. The van der Waals surface area contributed by atoms with Crippen LogP contribution in [-0.4, -0.2) is 24.1 Å². The third-order valence-electron chi connectivity index (χ3n) is 6.67. The van der Waals surface area contributed by atoms with Gasteiger partial charge in [-0.3, -0.25) is 0 Å². The van der Waals surface area contributed by atoms with E-state index in [0.29, 0.717) is 0 Å². The standard InChI is InChI=1S/C30H24B2N2O2/c35-31-25(19-23-15-7-9-17-27(23)33-31)29(21-11-3-1-4-12-21)30(22-13-5-2-6-14-22)26-20-24-16-8-10-18-28(24)34-32(26)36/h1-20,33-36H/b30-29-. The molecule has 2 aliphatic rings. The molecule has 0 bridgehead atoms. The lowest BCUT2D eigenvalue weighted by atomic mass is 9.59. The summed E-state index contributed by atoms with van der Waals surface area (Å²) in [5.74, 6) is 0. The van der Waals surface area contributed by atoms with Crippen molar-refractivity contribution in [3.8, 4) is 0 Å². The fourth-order valence-electron chi connectivity index (χ4n) is 4.99. The van der Waals surface area contributed by atoms with Crippen molar-refractivity contribution in [2.75, 3.05) is 10.5 Å². The number of nitrogens with one attached hydrogen (secondary N) is 2. The number of fused-ring (bicyclic) bond motifs is 2. The van der Waals surface area contributed by atoms with Crippen LogP contribution in [0, 0.1) is 0 Å². The maximum Gasteiger partial charge on any atom is 0.447 e. The van der Waals surface area contributed by atoms with E-state index in [0.717, 1.165) is 55.7 Å². The van der Waals surface area contributed by atoms with Crippen molar-refractivity contribution < 1.29 is 10.0 Å². The van der Waals surface area contributed by atoms with Crippen LogP contribution < -0.4 is 10.5 Å². The molecule has 36 heavy (non-hydrogen) atoms. The normalized spacial score (nSPS) is 14.9. The third-order valence-corrected chi connectivity index (χ3v) is 6.67. The van der Waals surface area contributed by atoms with Gasteiger partial charge in [-0.05, 0) is 56.5 Å². The predicted molar refractivity (Wildman–Crippen MR) is 152 cm³/mol. The molecule has 0 aliphatic carbocycles. The Hall–Kier alpha value is -4.25. The second-order valence-corrected chi connectivity index (χ2v) is 8.95. The van der Waals surface area contributed by atoms with Crippen molar-refractivity contribution in [3.63, 3.8) is 0 Å². The average molecular weight is 466 g/mol. The van der Waals surface area contributed by atoms with E-state index in [4.69, 9.17) is 0 Å². The van der Waals surface area contributed by atoms with E-state index in [-0.39, 0.29) is 0 Å². The number of hydrogen-bond acceptors (Lipinski definition) is 4. The molecule has 0 fully saturated rings.